The molecule has 0 aliphatic carbocycles. The second-order valence-electron chi connectivity index (χ2n) is 8.34. The Morgan fingerprint density at radius 3 is 2.81 bits per heavy atom. The van der Waals surface area contributed by atoms with Gasteiger partial charge >= 0.3 is 0 Å². The van der Waals surface area contributed by atoms with Gasteiger partial charge in [-0.1, -0.05) is 0 Å². The van der Waals surface area contributed by atoms with Crippen LogP contribution >= 0.6 is 0 Å². The molecule has 1 atom stereocenters. The highest BCUT2D eigenvalue weighted by atomic mass is 16.5. The lowest BCUT2D eigenvalue weighted by Gasteiger charge is -2.27. The van der Waals surface area contributed by atoms with Gasteiger partial charge in [0.2, 0.25) is 5.95 Å². The first-order valence-electron chi connectivity index (χ1n) is 11.0. The van der Waals surface area contributed by atoms with Gasteiger partial charge in [-0.2, -0.15) is 4.98 Å². The second kappa shape index (κ2) is 8.64. The third-order valence-corrected chi connectivity index (χ3v) is 6.00. The fraction of sp³-hybridized carbons (Fsp3) is 0.435. The molecule has 1 fully saturated rings. The number of fused-ring (bicyclic) bond motifs is 1. The summed E-state index contributed by atoms with van der Waals surface area (Å²) >= 11 is 0. The largest absolute Gasteiger partial charge is 0.376 e. The predicted molar refractivity (Wildman–Crippen MR) is 121 cm³/mol. The number of hydrogen-bond acceptors (Lipinski definition) is 7. The summed E-state index contributed by atoms with van der Waals surface area (Å²) in [5.41, 5.74) is 4.35. The quantitative estimate of drug-likeness (QED) is 0.635. The smallest absolute Gasteiger partial charge is 0.229 e. The molecule has 4 heterocycles. The molecular weight excluding hydrogens is 390 g/mol. The Balaban J connectivity index is 1.37. The maximum atomic E-state index is 5.78. The molecule has 0 radical (unpaired) electrons. The molecule has 31 heavy (non-hydrogen) atoms. The number of aromatic nitrogens is 4. The molecule has 0 unspecified atom stereocenters. The number of nitrogens with zero attached hydrogens (tertiary/aromatic N) is 5. The SMILES string of the molecule is Cc1nccn1-c1ccc(Nc2nc3c(c(NC[C@H]4CCCO4)n2)CN(C)CC3)cc1. The van der Waals surface area contributed by atoms with Gasteiger partial charge in [-0.25, -0.2) is 9.97 Å². The number of benzene rings is 1. The molecule has 162 valence electrons. The van der Waals surface area contributed by atoms with E-state index in [2.05, 4.69) is 44.3 Å². The highest BCUT2D eigenvalue weighted by molar-refractivity contribution is 5.59. The number of nitrogens with one attached hydrogen (secondary N) is 2. The first-order chi connectivity index (χ1) is 15.2. The normalized spacial score (nSPS) is 18.7. The van der Waals surface area contributed by atoms with E-state index < -0.39 is 0 Å². The Hall–Kier alpha value is -2.97. The summed E-state index contributed by atoms with van der Waals surface area (Å²) in [5.74, 6) is 2.51. The van der Waals surface area contributed by atoms with E-state index in [0.29, 0.717) is 5.95 Å². The van der Waals surface area contributed by atoms with Crippen LogP contribution in [-0.4, -0.2) is 57.3 Å². The fourth-order valence-corrected chi connectivity index (χ4v) is 4.25. The van der Waals surface area contributed by atoms with E-state index >= 15 is 0 Å². The zero-order valence-electron chi connectivity index (χ0n) is 18.1. The van der Waals surface area contributed by atoms with Crippen molar-refractivity contribution in [1.82, 2.24) is 24.4 Å². The summed E-state index contributed by atoms with van der Waals surface area (Å²) in [5, 5.41) is 6.93. The summed E-state index contributed by atoms with van der Waals surface area (Å²) < 4.78 is 7.84. The van der Waals surface area contributed by atoms with E-state index in [9.17, 15) is 0 Å². The lowest BCUT2D eigenvalue weighted by atomic mass is 10.1. The predicted octanol–water partition coefficient (Wildman–Crippen LogP) is 3.29. The number of anilines is 3. The highest BCUT2D eigenvalue weighted by Gasteiger charge is 2.22. The summed E-state index contributed by atoms with van der Waals surface area (Å²) in [6.07, 6.45) is 7.21. The Labute approximate surface area is 182 Å². The average Bonchev–Trinajstić information content (AvgIpc) is 3.45. The van der Waals surface area contributed by atoms with Gasteiger partial charge in [0.1, 0.15) is 11.6 Å². The number of ether oxygens (including phenoxy) is 1. The zero-order chi connectivity index (χ0) is 21.2. The van der Waals surface area contributed by atoms with Gasteiger partial charge in [-0.3, -0.25) is 0 Å². The number of imidazole rings is 1. The monoisotopic (exact) mass is 419 g/mol. The first-order valence-corrected chi connectivity index (χ1v) is 11.0. The average molecular weight is 420 g/mol. The Morgan fingerprint density at radius 2 is 2.06 bits per heavy atom. The summed E-state index contributed by atoms with van der Waals surface area (Å²) in [6, 6.07) is 8.23. The maximum absolute atomic E-state index is 5.78. The van der Waals surface area contributed by atoms with Crippen molar-refractivity contribution < 1.29 is 4.74 Å². The molecule has 8 nitrogen and oxygen atoms in total. The molecule has 8 heteroatoms. The molecule has 2 aromatic heterocycles. The molecule has 2 aliphatic heterocycles. The number of aryl methyl sites for hydroxylation is 1. The first kappa shape index (κ1) is 20.0. The lowest BCUT2D eigenvalue weighted by molar-refractivity contribution is 0.120. The maximum Gasteiger partial charge on any atom is 0.229 e. The Bertz CT molecular complexity index is 1040. The molecule has 3 aromatic rings. The topological polar surface area (TPSA) is 80.1 Å². The van der Waals surface area contributed by atoms with Crippen molar-refractivity contribution in [3.63, 3.8) is 0 Å². The van der Waals surface area contributed by atoms with Gasteiger partial charge < -0.3 is 24.8 Å². The summed E-state index contributed by atoms with van der Waals surface area (Å²) in [7, 11) is 2.14. The van der Waals surface area contributed by atoms with E-state index in [-0.39, 0.29) is 6.10 Å². The zero-order valence-corrected chi connectivity index (χ0v) is 18.1. The molecule has 0 saturated carbocycles. The molecule has 0 amide bonds. The minimum atomic E-state index is 0.266. The summed E-state index contributed by atoms with van der Waals surface area (Å²) in [4.78, 5) is 16.3. The van der Waals surface area contributed by atoms with Crippen molar-refractivity contribution in [2.24, 2.45) is 0 Å². The third kappa shape index (κ3) is 4.40. The van der Waals surface area contributed by atoms with Crippen LogP contribution in [0, 0.1) is 6.92 Å². The molecular formula is C23H29N7O. The lowest BCUT2D eigenvalue weighted by Crippen LogP contribution is -2.30. The van der Waals surface area contributed by atoms with E-state index in [1.54, 1.807) is 0 Å². The molecule has 2 aliphatic rings. The van der Waals surface area contributed by atoms with Crippen LogP contribution in [0.15, 0.2) is 36.7 Å². The Kier molecular flexibility index (Phi) is 5.57. The number of likely N-dealkylation sites (N-methyl/N-ethyl adjacent to an activating group) is 1. The molecule has 1 saturated heterocycles. The standard InChI is InChI=1S/C23H29N7O/c1-16-24-10-12-30(16)18-7-5-17(6-8-18)26-23-27-21-9-11-29(2)15-20(21)22(28-23)25-14-19-4-3-13-31-19/h5-8,10,12,19H,3-4,9,11,13-15H2,1-2H3,(H2,25,26,27,28)/t19-/m1/s1. The molecule has 0 bridgehead atoms. The van der Waals surface area contributed by atoms with Crippen molar-refractivity contribution >= 4 is 17.5 Å². The van der Waals surface area contributed by atoms with Crippen LogP contribution in [0.5, 0.6) is 0 Å². The second-order valence-corrected chi connectivity index (χ2v) is 8.34. The number of rotatable bonds is 6. The van der Waals surface area contributed by atoms with E-state index in [4.69, 9.17) is 14.7 Å². The van der Waals surface area contributed by atoms with Gasteiger partial charge in [0.25, 0.3) is 0 Å². The molecule has 2 N–H and O–H groups in total. The van der Waals surface area contributed by atoms with Crippen LogP contribution in [-0.2, 0) is 17.7 Å². The van der Waals surface area contributed by atoms with Crippen LogP contribution < -0.4 is 10.6 Å². The van der Waals surface area contributed by atoms with Gasteiger partial charge in [-0.05, 0) is 51.1 Å². The summed E-state index contributed by atoms with van der Waals surface area (Å²) in [6.45, 7) is 5.51. The minimum absolute atomic E-state index is 0.266. The number of hydrogen-bond donors (Lipinski definition) is 2. The highest BCUT2D eigenvalue weighted by Crippen LogP contribution is 2.27. The van der Waals surface area contributed by atoms with Crippen molar-refractivity contribution in [2.45, 2.75) is 38.8 Å². The van der Waals surface area contributed by atoms with E-state index in [1.807, 2.05) is 31.5 Å². The van der Waals surface area contributed by atoms with Gasteiger partial charge in [-0.15, -0.1) is 0 Å². The van der Waals surface area contributed by atoms with Gasteiger partial charge in [0.05, 0.1) is 11.8 Å². The van der Waals surface area contributed by atoms with Crippen LogP contribution in [0.4, 0.5) is 17.5 Å². The fourth-order valence-electron chi connectivity index (χ4n) is 4.25. The molecule has 1 aromatic carbocycles. The van der Waals surface area contributed by atoms with Crippen LogP contribution in [0.3, 0.4) is 0 Å². The van der Waals surface area contributed by atoms with E-state index in [0.717, 1.165) is 74.2 Å². The third-order valence-electron chi connectivity index (χ3n) is 6.00. The molecule has 0 spiro atoms. The van der Waals surface area contributed by atoms with Crippen molar-refractivity contribution in [2.75, 3.05) is 37.4 Å². The van der Waals surface area contributed by atoms with Gasteiger partial charge in [0, 0.05) is 62.0 Å². The van der Waals surface area contributed by atoms with Gasteiger partial charge in [0.15, 0.2) is 0 Å². The van der Waals surface area contributed by atoms with Crippen molar-refractivity contribution in [3.8, 4) is 5.69 Å². The van der Waals surface area contributed by atoms with Crippen molar-refractivity contribution in [1.29, 1.82) is 0 Å². The van der Waals surface area contributed by atoms with Crippen LogP contribution in [0.25, 0.3) is 5.69 Å². The Morgan fingerprint density at radius 1 is 1.19 bits per heavy atom. The van der Waals surface area contributed by atoms with E-state index in [1.165, 1.54) is 5.56 Å². The van der Waals surface area contributed by atoms with Crippen LogP contribution in [0.1, 0.15) is 29.9 Å². The van der Waals surface area contributed by atoms with Crippen molar-refractivity contribution in [3.05, 3.63) is 53.7 Å². The minimum Gasteiger partial charge on any atom is -0.376 e. The van der Waals surface area contributed by atoms with Crippen LogP contribution in [0.2, 0.25) is 0 Å². The molecule has 5 rings (SSSR count).